The van der Waals surface area contributed by atoms with Gasteiger partial charge < -0.3 is 0 Å². The predicted octanol–water partition coefficient (Wildman–Crippen LogP) is 7.89. The fourth-order valence-corrected chi connectivity index (χ4v) is 4.77. The van der Waals surface area contributed by atoms with E-state index in [0.717, 1.165) is 37.5 Å². The summed E-state index contributed by atoms with van der Waals surface area (Å²) in [6, 6.07) is 1.60. The summed E-state index contributed by atoms with van der Waals surface area (Å²) in [5.41, 5.74) is 0. The van der Waals surface area contributed by atoms with Crippen LogP contribution in [0.4, 0.5) is 4.39 Å². The number of rotatable bonds is 9. The van der Waals surface area contributed by atoms with Crippen molar-refractivity contribution in [3.05, 3.63) is 24.1 Å². The van der Waals surface area contributed by atoms with Crippen molar-refractivity contribution in [1.82, 2.24) is 0 Å². The van der Waals surface area contributed by atoms with E-state index in [1.807, 2.05) is 0 Å². The molecule has 1 nitrogen and oxygen atoms in total. The van der Waals surface area contributed by atoms with Gasteiger partial charge in [0, 0.05) is 0 Å². The largest absolute Gasteiger partial charge is 0.196 e. The molecule has 0 unspecified atom stereocenters. The van der Waals surface area contributed by atoms with E-state index in [1.165, 1.54) is 70.3 Å². The molecule has 0 N–H and O–H groups in total. The Morgan fingerprint density at radius 1 is 0.846 bits per heavy atom. The number of allylic oxidation sites excluding steroid dienone is 4. The summed E-state index contributed by atoms with van der Waals surface area (Å²) in [7, 11) is 0. The van der Waals surface area contributed by atoms with Gasteiger partial charge in [-0.15, -0.1) is 0 Å². The molecule has 0 amide bonds. The summed E-state index contributed by atoms with van der Waals surface area (Å²) in [5.74, 6) is 2.11. The van der Waals surface area contributed by atoms with Crippen molar-refractivity contribution in [2.75, 3.05) is 0 Å². The molecule has 0 bridgehead atoms. The Balaban J connectivity index is 1.59. The third-order valence-corrected chi connectivity index (χ3v) is 6.57. The Hall–Kier alpha value is -1.10. The monoisotopic (exact) mass is 359 g/mol. The maximum absolute atomic E-state index is 13.1. The van der Waals surface area contributed by atoms with Gasteiger partial charge in [-0.3, -0.25) is 0 Å². The highest BCUT2D eigenvalue weighted by molar-refractivity contribution is 5.13. The third kappa shape index (κ3) is 8.07. The second-order valence-electron chi connectivity index (χ2n) is 8.67. The van der Waals surface area contributed by atoms with Crippen LogP contribution in [0.25, 0.3) is 0 Å². The van der Waals surface area contributed by atoms with Crippen molar-refractivity contribution in [3.63, 3.8) is 0 Å². The lowest BCUT2D eigenvalue weighted by Crippen LogP contribution is -2.14. The van der Waals surface area contributed by atoms with Crippen molar-refractivity contribution < 1.29 is 4.39 Å². The number of unbranched alkanes of at least 4 members (excludes halogenated alkanes) is 4. The second-order valence-corrected chi connectivity index (χ2v) is 8.67. The fourth-order valence-electron chi connectivity index (χ4n) is 4.77. The molecule has 0 aliphatic heterocycles. The minimum atomic E-state index is -0.605. The van der Waals surface area contributed by atoms with Gasteiger partial charge in [0.05, 0.1) is 0 Å². The van der Waals surface area contributed by atoms with Crippen LogP contribution >= 0.6 is 0 Å². The highest BCUT2D eigenvalue weighted by atomic mass is 19.1. The summed E-state index contributed by atoms with van der Waals surface area (Å²) in [6.45, 7) is 2.28. The first-order chi connectivity index (χ1) is 12.7. The molecule has 2 aliphatic carbocycles. The molecule has 0 atom stereocenters. The van der Waals surface area contributed by atoms with Crippen molar-refractivity contribution in [2.24, 2.45) is 23.7 Å². The zero-order valence-electron chi connectivity index (χ0n) is 16.8. The first-order valence-electron chi connectivity index (χ1n) is 11.2. The van der Waals surface area contributed by atoms with Crippen LogP contribution in [0.15, 0.2) is 24.1 Å². The molecular formula is C24H38FN. The minimum Gasteiger partial charge on any atom is -0.195 e. The molecule has 0 aromatic carbocycles. The lowest BCUT2D eigenvalue weighted by atomic mass is 9.78. The normalized spacial score (nSPS) is 30.4. The van der Waals surface area contributed by atoms with E-state index in [4.69, 9.17) is 5.26 Å². The van der Waals surface area contributed by atoms with Crippen LogP contribution in [0.3, 0.4) is 0 Å². The highest BCUT2D eigenvalue weighted by Gasteiger charge is 2.21. The average molecular weight is 360 g/mol. The fraction of sp³-hybridized carbons (Fsp3) is 0.792. The van der Waals surface area contributed by atoms with Gasteiger partial charge in [-0.05, 0) is 81.1 Å². The minimum absolute atomic E-state index is 0.270. The Bertz CT molecular complexity index is 471. The van der Waals surface area contributed by atoms with Gasteiger partial charge in [0.25, 0.3) is 0 Å². The molecule has 2 aliphatic rings. The first kappa shape index (κ1) is 21.2. The zero-order chi connectivity index (χ0) is 18.6. The molecule has 0 saturated heterocycles. The smallest absolute Gasteiger partial charge is 0.195 e. The zero-order valence-corrected chi connectivity index (χ0v) is 16.8. The number of nitrogens with zero attached hydrogens (tertiary/aromatic N) is 1. The predicted molar refractivity (Wildman–Crippen MR) is 108 cm³/mol. The standard InChI is InChI=1S/C24H38FN/c1-2-3-4-5-6-7-20-8-10-21(11-9-20)12-13-22-14-16-23(17-15-22)18-24(25)19-26/h12-13,18,20-23H,2-11,14-17H2,1H3/b13-12+,24-18?/t20-,21-,22?,23?. The van der Waals surface area contributed by atoms with Crippen molar-refractivity contribution in [1.29, 1.82) is 5.26 Å². The molecule has 0 heterocycles. The quantitative estimate of drug-likeness (QED) is 0.233. The molecule has 0 aromatic rings. The number of hydrogen-bond donors (Lipinski definition) is 0. The second kappa shape index (κ2) is 12.3. The lowest BCUT2D eigenvalue weighted by molar-refractivity contribution is 0.286. The van der Waals surface area contributed by atoms with Crippen LogP contribution in [0.2, 0.25) is 0 Å². The summed E-state index contributed by atoms with van der Waals surface area (Å²) in [5, 5.41) is 8.54. The van der Waals surface area contributed by atoms with Gasteiger partial charge in [0.1, 0.15) is 6.07 Å². The Labute approximate surface area is 160 Å². The van der Waals surface area contributed by atoms with E-state index in [2.05, 4.69) is 19.1 Å². The van der Waals surface area contributed by atoms with Crippen molar-refractivity contribution in [2.45, 2.75) is 96.8 Å². The molecule has 0 aromatic heterocycles. The summed E-state index contributed by atoms with van der Waals surface area (Å²) < 4.78 is 13.1. The van der Waals surface area contributed by atoms with Crippen LogP contribution < -0.4 is 0 Å². The molecular weight excluding hydrogens is 321 g/mol. The Morgan fingerprint density at radius 3 is 1.96 bits per heavy atom. The van der Waals surface area contributed by atoms with E-state index in [1.54, 1.807) is 6.07 Å². The van der Waals surface area contributed by atoms with E-state index < -0.39 is 5.83 Å². The molecule has 2 saturated carbocycles. The van der Waals surface area contributed by atoms with Gasteiger partial charge in [-0.2, -0.15) is 9.65 Å². The lowest BCUT2D eigenvalue weighted by Gasteiger charge is -2.28. The maximum atomic E-state index is 13.1. The third-order valence-electron chi connectivity index (χ3n) is 6.57. The van der Waals surface area contributed by atoms with Crippen molar-refractivity contribution in [3.8, 4) is 6.07 Å². The number of hydrogen-bond acceptors (Lipinski definition) is 1. The van der Waals surface area contributed by atoms with Gasteiger partial charge in [-0.25, -0.2) is 0 Å². The van der Waals surface area contributed by atoms with Gasteiger partial charge in [0.15, 0.2) is 5.83 Å². The van der Waals surface area contributed by atoms with E-state index in [0.29, 0.717) is 5.92 Å². The SMILES string of the molecule is CCCCCCC[C@H]1CC[C@H](/C=C/C2CCC(C=C(F)C#N)CC2)CC1. The first-order valence-corrected chi connectivity index (χ1v) is 11.2. The van der Waals surface area contributed by atoms with E-state index in [-0.39, 0.29) is 5.92 Å². The highest BCUT2D eigenvalue weighted by Crippen LogP contribution is 2.35. The molecule has 26 heavy (non-hydrogen) atoms. The Morgan fingerprint density at radius 2 is 1.38 bits per heavy atom. The van der Waals surface area contributed by atoms with Crippen LogP contribution in [0, 0.1) is 35.0 Å². The van der Waals surface area contributed by atoms with Gasteiger partial charge in [-0.1, -0.05) is 57.6 Å². The van der Waals surface area contributed by atoms with E-state index in [9.17, 15) is 4.39 Å². The van der Waals surface area contributed by atoms with Crippen LogP contribution in [-0.2, 0) is 0 Å². The molecule has 146 valence electrons. The molecule has 2 rings (SSSR count). The summed E-state index contributed by atoms with van der Waals surface area (Å²) in [4.78, 5) is 0. The number of nitriles is 1. The summed E-state index contributed by atoms with van der Waals surface area (Å²) in [6.07, 6.45) is 24.9. The number of halogens is 1. The van der Waals surface area contributed by atoms with E-state index >= 15 is 0 Å². The topological polar surface area (TPSA) is 23.8 Å². The van der Waals surface area contributed by atoms with Crippen LogP contribution in [0.1, 0.15) is 96.8 Å². The maximum Gasteiger partial charge on any atom is 0.196 e. The van der Waals surface area contributed by atoms with Gasteiger partial charge >= 0.3 is 0 Å². The molecule has 0 radical (unpaired) electrons. The van der Waals surface area contributed by atoms with Crippen LogP contribution in [-0.4, -0.2) is 0 Å². The Kier molecular flexibility index (Phi) is 10.0. The summed E-state index contributed by atoms with van der Waals surface area (Å²) >= 11 is 0. The molecule has 2 fully saturated rings. The van der Waals surface area contributed by atoms with Gasteiger partial charge in [0.2, 0.25) is 0 Å². The molecule has 2 heteroatoms. The average Bonchev–Trinajstić information content (AvgIpc) is 2.68. The molecule has 0 spiro atoms. The van der Waals surface area contributed by atoms with Crippen LogP contribution in [0.5, 0.6) is 0 Å². The van der Waals surface area contributed by atoms with Crippen molar-refractivity contribution >= 4 is 0 Å².